The number of hydrogen-bond acceptors (Lipinski definition) is 3. The van der Waals surface area contributed by atoms with E-state index < -0.39 is 0 Å². The highest BCUT2D eigenvalue weighted by Crippen LogP contribution is 2.23. The molecule has 0 saturated carbocycles. The fourth-order valence-corrected chi connectivity index (χ4v) is 2.91. The quantitative estimate of drug-likeness (QED) is 0.639. The molecule has 104 valence electrons. The van der Waals surface area contributed by atoms with Crippen LogP contribution in [0.5, 0.6) is 0 Å². The number of hydrogen-bond donors (Lipinski definition) is 2. The summed E-state index contributed by atoms with van der Waals surface area (Å²) in [5.74, 6) is 0.886. The molecule has 19 heavy (non-hydrogen) atoms. The Morgan fingerprint density at radius 2 is 2.26 bits per heavy atom. The Bertz CT molecular complexity index is 469. The first-order valence-corrected chi connectivity index (χ1v) is 6.82. The minimum atomic E-state index is 0.134. The number of benzene rings is 1. The average molecular weight is 260 g/mol. The van der Waals surface area contributed by atoms with Crippen LogP contribution >= 0.6 is 0 Å². The van der Waals surface area contributed by atoms with E-state index in [4.69, 9.17) is 11.1 Å². The highest BCUT2D eigenvalue weighted by atomic mass is 15.2. The van der Waals surface area contributed by atoms with Crippen molar-refractivity contribution in [3.8, 4) is 0 Å². The van der Waals surface area contributed by atoms with E-state index in [2.05, 4.69) is 36.9 Å². The number of nitrogen functional groups attached to an aromatic ring is 1. The molecule has 0 aromatic heterocycles. The van der Waals surface area contributed by atoms with Gasteiger partial charge in [0, 0.05) is 31.4 Å². The minimum Gasteiger partial charge on any atom is -0.384 e. The molecular formula is C15H24N4. The fraction of sp³-hybridized carbons (Fsp3) is 0.533. The molecule has 0 amide bonds. The average Bonchev–Trinajstić information content (AvgIpc) is 2.74. The predicted molar refractivity (Wildman–Crippen MR) is 81.1 cm³/mol. The minimum absolute atomic E-state index is 0.134. The van der Waals surface area contributed by atoms with Crippen LogP contribution in [0.4, 0.5) is 5.69 Å². The largest absolute Gasteiger partial charge is 0.384 e. The van der Waals surface area contributed by atoms with Gasteiger partial charge in [0.05, 0.1) is 0 Å². The number of nitrogens with one attached hydrogen (secondary N) is 1. The van der Waals surface area contributed by atoms with Crippen molar-refractivity contribution in [2.24, 2.45) is 11.7 Å². The van der Waals surface area contributed by atoms with Crippen LogP contribution in [0.3, 0.4) is 0 Å². The van der Waals surface area contributed by atoms with Gasteiger partial charge >= 0.3 is 0 Å². The van der Waals surface area contributed by atoms with Crippen molar-refractivity contribution in [1.82, 2.24) is 4.90 Å². The number of amidine groups is 1. The topological polar surface area (TPSA) is 56.4 Å². The summed E-state index contributed by atoms with van der Waals surface area (Å²) in [5.41, 5.74) is 8.74. The van der Waals surface area contributed by atoms with Gasteiger partial charge in [-0.1, -0.05) is 0 Å². The lowest BCUT2D eigenvalue weighted by atomic mass is 10.1. The second-order valence-corrected chi connectivity index (χ2v) is 5.71. The zero-order chi connectivity index (χ0) is 14.0. The third-order valence-electron chi connectivity index (χ3n) is 3.94. The molecule has 1 aromatic rings. The van der Waals surface area contributed by atoms with Gasteiger partial charge in [-0.15, -0.1) is 0 Å². The van der Waals surface area contributed by atoms with Gasteiger partial charge in [-0.25, -0.2) is 0 Å². The Hall–Kier alpha value is -1.55. The van der Waals surface area contributed by atoms with E-state index in [1.54, 1.807) is 0 Å². The molecule has 1 saturated heterocycles. The molecule has 1 fully saturated rings. The normalized spacial score (nSPS) is 19.6. The molecule has 1 unspecified atom stereocenters. The summed E-state index contributed by atoms with van der Waals surface area (Å²) in [6.45, 7) is 5.57. The van der Waals surface area contributed by atoms with Crippen molar-refractivity contribution in [3.05, 3.63) is 29.3 Å². The molecule has 3 N–H and O–H groups in total. The van der Waals surface area contributed by atoms with E-state index in [0.717, 1.165) is 18.0 Å². The summed E-state index contributed by atoms with van der Waals surface area (Å²) in [7, 11) is 4.33. The number of nitrogens with two attached hydrogens (primary N) is 1. The lowest BCUT2D eigenvalue weighted by molar-refractivity contribution is 0.396. The SMILES string of the molecule is Cc1cc(C(=N)N)ccc1N(C)CC1CCN(C)C1. The lowest BCUT2D eigenvalue weighted by Gasteiger charge is -2.25. The molecule has 1 heterocycles. The Morgan fingerprint density at radius 3 is 2.79 bits per heavy atom. The van der Waals surface area contributed by atoms with Crippen molar-refractivity contribution >= 4 is 11.5 Å². The molecule has 0 aliphatic carbocycles. The molecule has 0 radical (unpaired) electrons. The highest BCUT2D eigenvalue weighted by Gasteiger charge is 2.21. The summed E-state index contributed by atoms with van der Waals surface area (Å²) < 4.78 is 0. The van der Waals surface area contributed by atoms with E-state index in [0.29, 0.717) is 0 Å². The molecule has 1 atom stereocenters. The van der Waals surface area contributed by atoms with Gasteiger partial charge in [0.2, 0.25) is 0 Å². The monoisotopic (exact) mass is 260 g/mol. The molecule has 0 spiro atoms. The number of rotatable bonds is 4. The number of nitrogens with zero attached hydrogens (tertiary/aromatic N) is 2. The first kappa shape index (κ1) is 13.9. The third-order valence-corrected chi connectivity index (χ3v) is 3.94. The Kier molecular flexibility index (Phi) is 4.10. The Balaban J connectivity index is 2.06. The highest BCUT2D eigenvalue weighted by molar-refractivity contribution is 5.95. The van der Waals surface area contributed by atoms with Crippen LogP contribution in [-0.2, 0) is 0 Å². The van der Waals surface area contributed by atoms with Crippen LogP contribution in [0, 0.1) is 18.3 Å². The van der Waals surface area contributed by atoms with Crippen molar-refractivity contribution in [3.63, 3.8) is 0 Å². The zero-order valence-corrected chi connectivity index (χ0v) is 12.1. The summed E-state index contributed by atoms with van der Waals surface area (Å²) in [6, 6.07) is 6.00. The van der Waals surface area contributed by atoms with Crippen molar-refractivity contribution in [2.45, 2.75) is 13.3 Å². The van der Waals surface area contributed by atoms with Crippen molar-refractivity contribution in [1.29, 1.82) is 5.41 Å². The van der Waals surface area contributed by atoms with Crippen molar-refractivity contribution < 1.29 is 0 Å². The van der Waals surface area contributed by atoms with E-state index >= 15 is 0 Å². The molecule has 4 heteroatoms. The molecule has 1 aliphatic rings. The molecule has 2 rings (SSSR count). The predicted octanol–water partition coefficient (Wildman–Crippen LogP) is 1.67. The second kappa shape index (κ2) is 5.61. The van der Waals surface area contributed by atoms with Crippen LogP contribution in [0.2, 0.25) is 0 Å². The van der Waals surface area contributed by atoms with E-state index in [9.17, 15) is 0 Å². The smallest absolute Gasteiger partial charge is 0.122 e. The second-order valence-electron chi connectivity index (χ2n) is 5.71. The van der Waals surface area contributed by atoms with Crippen LogP contribution in [0.15, 0.2) is 18.2 Å². The third kappa shape index (κ3) is 3.26. The van der Waals surface area contributed by atoms with Crippen LogP contribution in [0.1, 0.15) is 17.5 Å². The van der Waals surface area contributed by atoms with Crippen LogP contribution < -0.4 is 10.6 Å². The van der Waals surface area contributed by atoms with Crippen molar-refractivity contribution in [2.75, 3.05) is 38.6 Å². The summed E-state index contributed by atoms with van der Waals surface area (Å²) in [5, 5.41) is 7.47. The van der Waals surface area contributed by atoms with Gasteiger partial charge in [-0.3, -0.25) is 5.41 Å². The van der Waals surface area contributed by atoms with E-state index in [1.807, 2.05) is 12.1 Å². The van der Waals surface area contributed by atoms with Gasteiger partial charge in [0.25, 0.3) is 0 Å². The number of likely N-dealkylation sites (tertiary alicyclic amines) is 1. The maximum Gasteiger partial charge on any atom is 0.122 e. The first-order valence-electron chi connectivity index (χ1n) is 6.82. The number of anilines is 1. The van der Waals surface area contributed by atoms with Gasteiger partial charge in [0.15, 0.2) is 0 Å². The zero-order valence-electron chi connectivity index (χ0n) is 12.1. The van der Waals surface area contributed by atoms with Crippen LogP contribution in [0.25, 0.3) is 0 Å². The number of aryl methyl sites for hydroxylation is 1. The van der Waals surface area contributed by atoms with Gasteiger partial charge in [0.1, 0.15) is 5.84 Å². The van der Waals surface area contributed by atoms with E-state index in [1.165, 1.54) is 30.8 Å². The fourth-order valence-electron chi connectivity index (χ4n) is 2.91. The van der Waals surface area contributed by atoms with Gasteiger partial charge < -0.3 is 15.5 Å². The van der Waals surface area contributed by atoms with Gasteiger partial charge in [-0.2, -0.15) is 0 Å². The first-order chi connectivity index (χ1) is 8.97. The summed E-state index contributed by atoms with van der Waals surface area (Å²) >= 11 is 0. The van der Waals surface area contributed by atoms with E-state index in [-0.39, 0.29) is 5.84 Å². The molecule has 0 bridgehead atoms. The molecule has 1 aromatic carbocycles. The van der Waals surface area contributed by atoms with Crippen LogP contribution in [-0.4, -0.2) is 44.5 Å². The Labute approximate surface area is 115 Å². The molecule has 4 nitrogen and oxygen atoms in total. The van der Waals surface area contributed by atoms with Gasteiger partial charge in [-0.05, 0) is 56.6 Å². The molecular weight excluding hydrogens is 236 g/mol. The maximum atomic E-state index is 7.47. The Morgan fingerprint density at radius 1 is 1.53 bits per heavy atom. The summed E-state index contributed by atoms with van der Waals surface area (Å²) in [4.78, 5) is 4.72. The summed E-state index contributed by atoms with van der Waals surface area (Å²) in [6.07, 6.45) is 1.28. The maximum absolute atomic E-state index is 7.47. The standard InChI is InChI=1S/C15H24N4/c1-11-8-13(15(16)17)4-5-14(11)19(3)10-12-6-7-18(2)9-12/h4-5,8,12H,6-7,9-10H2,1-3H3,(H3,16,17). The lowest BCUT2D eigenvalue weighted by Crippen LogP contribution is -2.27. The molecule has 1 aliphatic heterocycles.